The smallest absolute Gasteiger partial charge is 0.243 e. The Morgan fingerprint density at radius 1 is 1.26 bits per heavy atom. The molecule has 3 rings (SSSR count). The number of amides is 1. The number of rotatable bonds is 4. The highest BCUT2D eigenvalue weighted by Crippen LogP contribution is 2.25. The number of fused-ring (bicyclic) bond motifs is 1. The fraction of sp³-hybridized carbons (Fsp3) is 0.353. The van der Waals surface area contributed by atoms with E-state index in [1.165, 1.54) is 0 Å². The van der Waals surface area contributed by atoms with Crippen molar-refractivity contribution in [3.8, 4) is 0 Å². The van der Waals surface area contributed by atoms with E-state index in [2.05, 4.69) is 15.3 Å². The zero-order valence-electron chi connectivity index (χ0n) is 13.7. The monoisotopic (exact) mass is 328 g/mol. The van der Waals surface area contributed by atoms with Gasteiger partial charge in [-0.05, 0) is 39.8 Å². The van der Waals surface area contributed by atoms with E-state index in [0.29, 0.717) is 0 Å². The fourth-order valence-corrected chi connectivity index (χ4v) is 3.69. The molecule has 0 saturated heterocycles. The van der Waals surface area contributed by atoms with Crippen molar-refractivity contribution in [2.24, 2.45) is 0 Å². The van der Waals surface area contributed by atoms with Crippen molar-refractivity contribution in [2.75, 3.05) is 0 Å². The van der Waals surface area contributed by atoms with Crippen LogP contribution in [0, 0.1) is 13.8 Å². The molecule has 2 atom stereocenters. The second-order valence-electron chi connectivity index (χ2n) is 5.73. The summed E-state index contributed by atoms with van der Waals surface area (Å²) in [6.45, 7) is 7.85. The van der Waals surface area contributed by atoms with Crippen LogP contribution in [0.3, 0.4) is 0 Å². The molecular weight excluding hydrogens is 308 g/mol. The van der Waals surface area contributed by atoms with Crippen molar-refractivity contribution in [1.29, 1.82) is 0 Å². The Bertz CT molecular complexity index is 851. The molecule has 1 N–H and O–H groups in total. The molecule has 0 saturated carbocycles. The number of hydrogen-bond donors (Lipinski definition) is 1. The second kappa shape index (κ2) is 6.12. The highest BCUT2D eigenvalue weighted by molar-refractivity contribution is 7.11. The van der Waals surface area contributed by atoms with Gasteiger partial charge < -0.3 is 9.88 Å². The summed E-state index contributed by atoms with van der Waals surface area (Å²) in [5.74, 6) is -0.0221. The zero-order valence-corrected chi connectivity index (χ0v) is 14.5. The van der Waals surface area contributed by atoms with Crippen molar-refractivity contribution in [2.45, 2.75) is 39.8 Å². The van der Waals surface area contributed by atoms with Gasteiger partial charge in [0.15, 0.2) is 0 Å². The van der Waals surface area contributed by atoms with Crippen molar-refractivity contribution in [1.82, 2.24) is 19.9 Å². The zero-order chi connectivity index (χ0) is 16.6. The molecule has 1 aromatic carbocycles. The lowest BCUT2D eigenvalue weighted by Crippen LogP contribution is -2.32. The van der Waals surface area contributed by atoms with Gasteiger partial charge in [-0.1, -0.05) is 12.1 Å². The minimum Gasteiger partial charge on any atom is -0.347 e. The molecular formula is C17H20N4OS. The number of aryl methyl sites for hydroxylation is 2. The van der Waals surface area contributed by atoms with E-state index in [1.807, 2.05) is 56.5 Å². The summed E-state index contributed by atoms with van der Waals surface area (Å²) in [7, 11) is 0. The molecule has 0 radical (unpaired) electrons. The molecule has 23 heavy (non-hydrogen) atoms. The molecule has 0 fully saturated rings. The highest BCUT2D eigenvalue weighted by atomic mass is 32.1. The molecule has 6 heteroatoms. The molecule has 0 aliphatic rings. The Morgan fingerprint density at radius 2 is 2.00 bits per heavy atom. The minimum absolute atomic E-state index is 0.0221. The van der Waals surface area contributed by atoms with Crippen molar-refractivity contribution in [3.05, 3.63) is 46.2 Å². The first-order valence-corrected chi connectivity index (χ1v) is 8.45. The summed E-state index contributed by atoms with van der Waals surface area (Å²) in [6.07, 6.45) is 1.72. The lowest BCUT2D eigenvalue weighted by Gasteiger charge is -2.18. The van der Waals surface area contributed by atoms with Gasteiger partial charge >= 0.3 is 0 Å². The van der Waals surface area contributed by atoms with Gasteiger partial charge in [-0.2, -0.15) is 0 Å². The predicted octanol–water partition coefficient (Wildman–Crippen LogP) is 3.55. The van der Waals surface area contributed by atoms with Crippen molar-refractivity contribution < 1.29 is 4.79 Å². The van der Waals surface area contributed by atoms with Crippen LogP contribution >= 0.6 is 11.3 Å². The van der Waals surface area contributed by atoms with Crippen LogP contribution in [0.15, 0.2) is 30.6 Å². The van der Waals surface area contributed by atoms with Crippen LogP contribution in [0.2, 0.25) is 0 Å². The summed E-state index contributed by atoms with van der Waals surface area (Å²) in [4.78, 5) is 22.5. The lowest BCUT2D eigenvalue weighted by atomic mass is 10.2. The third-order valence-electron chi connectivity index (χ3n) is 3.97. The van der Waals surface area contributed by atoms with Gasteiger partial charge in [0.2, 0.25) is 5.91 Å². The highest BCUT2D eigenvalue weighted by Gasteiger charge is 2.21. The van der Waals surface area contributed by atoms with Gasteiger partial charge in [0.1, 0.15) is 6.04 Å². The normalized spacial score (nSPS) is 13.9. The van der Waals surface area contributed by atoms with E-state index in [1.54, 1.807) is 17.7 Å². The number of para-hydroxylation sites is 2. The Labute approximate surface area is 139 Å². The molecule has 0 bridgehead atoms. The Balaban J connectivity index is 1.79. The third kappa shape index (κ3) is 2.99. The van der Waals surface area contributed by atoms with Gasteiger partial charge in [-0.25, -0.2) is 9.97 Å². The lowest BCUT2D eigenvalue weighted by molar-refractivity contribution is -0.124. The summed E-state index contributed by atoms with van der Waals surface area (Å²) in [6, 6.07) is 7.46. The van der Waals surface area contributed by atoms with Crippen LogP contribution in [0.5, 0.6) is 0 Å². The van der Waals surface area contributed by atoms with Gasteiger partial charge in [0, 0.05) is 4.88 Å². The van der Waals surface area contributed by atoms with E-state index in [0.717, 1.165) is 26.6 Å². The molecule has 0 aliphatic heterocycles. The number of nitrogens with zero attached hydrogens (tertiary/aromatic N) is 3. The number of hydrogen-bond acceptors (Lipinski definition) is 4. The van der Waals surface area contributed by atoms with Crippen LogP contribution in [0.4, 0.5) is 0 Å². The molecule has 2 heterocycles. The molecule has 3 aromatic rings. The largest absolute Gasteiger partial charge is 0.347 e. The Kier molecular flexibility index (Phi) is 4.17. The van der Waals surface area contributed by atoms with Gasteiger partial charge in [-0.3, -0.25) is 4.79 Å². The fourth-order valence-electron chi connectivity index (χ4n) is 2.76. The molecule has 120 valence electrons. The maximum Gasteiger partial charge on any atom is 0.243 e. The topological polar surface area (TPSA) is 59.8 Å². The predicted molar refractivity (Wildman–Crippen MR) is 92.6 cm³/mol. The average molecular weight is 328 g/mol. The first kappa shape index (κ1) is 15.7. The third-order valence-corrected chi connectivity index (χ3v) is 5.22. The van der Waals surface area contributed by atoms with E-state index < -0.39 is 0 Å². The summed E-state index contributed by atoms with van der Waals surface area (Å²) in [5, 5.41) is 4.11. The van der Waals surface area contributed by atoms with Crippen molar-refractivity contribution in [3.63, 3.8) is 0 Å². The van der Waals surface area contributed by atoms with Crippen LogP contribution in [-0.2, 0) is 4.79 Å². The van der Waals surface area contributed by atoms with E-state index in [4.69, 9.17) is 0 Å². The molecule has 1 amide bonds. The summed E-state index contributed by atoms with van der Waals surface area (Å²) >= 11 is 1.63. The maximum absolute atomic E-state index is 12.6. The number of thiazole rings is 1. The quantitative estimate of drug-likeness (QED) is 0.797. The average Bonchev–Trinajstić information content (AvgIpc) is 3.09. The SMILES string of the molecule is Cc1nc(C)c([C@H](C)NC(=O)[C@H](C)n2cnc3ccccc32)s1. The number of carbonyl (C=O) groups is 1. The van der Waals surface area contributed by atoms with Gasteiger partial charge in [0.05, 0.1) is 34.1 Å². The van der Waals surface area contributed by atoms with E-state index >= 15 is 0 Å². The number of imidazole rings is 1. The molecule has 0 spiro atoms. The minimum atomic E-state index is -0.320. The molecule has 0 aliphatic carbocycles. The molecule has 5 nitrogen and oxygen atoms in total. The second-order valence-corrected chi connectivity index (χ2v) is 6.96. The Hall–Kier alpha value is -2.21. The number of benzene rings is 1. The van der Waals surface area contributed by atoms with Gasteiger partial charge in [-0.15, -0.1) is 11.3 Å². The van der Waals surface area contributed by atoms with Crippen LogP contribution in [-0.4, -0.2) is 20.4 Å². The molecule has 0 unspecified atom stereocenters. The first-order chi connectivity index (χ1) is 11.0. The standard InChI is InChI=1S/C17H20N4OS/c1-10-16(23-13(4)19-10)11(2)20-17(22)12(3)21-9-18-14-7-5-6-8-15(14)21/h5-9,11-12H,1-4H3,(H,20,22)/t11-,12-/m0/s1. The van der Waals surface area contributed by atoms with Crippen LogP contribution < -0.4 is 5.32 Å². The number of nitrogens with one attached hydrogen (secondary N) is 1. The number of carbonyl (C=O) groups excluding carboxylic acids is 1. The van der Waals surface area contributed by atoms with E-state index in [-0.39, 0.29) is 18.0 Å². The molecule has 2 aromatic heterocycles. The summed E-state index contributed by atoms with van der Waals surface area (Å²) < 4.78 is 1.90. The first-order valence-electron chi connectivity index (χ1n) is 7.63. The number of aromatic nitrogens is 3. The maximum atomic E-state index is 12.6. The van der Waals surface area contributed by atoms with E-state index in [9.17, 15) is 4.79 Å². The summed E-state index contributed by atoms with van der Waals surface area (Å²) in [5.41, 5.74) is 2.85. The Morgan fingerprint density at radius 3 is 2.70 bits per heavy atom. The van der Waals surface area contributed by atoms with Gasteiger partial charge in [0.25, 0.3) is 0 Å². The van der Waals surface area contributed by atoms with Crippen molar-refractivity contribution >= 4 is 28.3 Å². The van der Waals surface area contributed by atoms with Crippen LogP contribution in [0.1, 0.15) is 41.5 Å². The van der Waals surface area contributed by atoms with Crippen LogP contribution in [0.25, 0.3) is 11.0 Å².